The van der Waals surface area contributed by atoms with E-state index in [1.54, 1.807) is 37.3 Å². The maximum absolute atomic E-state index is 14.5. The molecule has 1 aromatic heterocycles. The summed E-state index contributed by atoms with van der Waals surface area (Å²) in [4.78, 5) is 0. The molecule has 0 unspecified atom stereocenters. The molecule has 0 spiro atoms. The van der Waals surface area contributed by atoms with Gasteiger partial charge in [0.05, 0.1) is 23.7 Å². The SMILES string of the molecule is COc1ccc2nn(-c3ccc(O)cc3C)c(F)c2c1. The molecule has 1 heterocycles. The molecule has 3 rings (SSSR count). The molecular formula is C15H13FN2O2. The summed E-state index contributed by atoms with van der Waals surface area (Å²) in [5.41, 5.74) is 1.88. The molecule has 0 radical (unpaired) electrons. The zero-order valence-corrected chi connectivity index (χ0v) is 11.1. The number of fused-ring (bicyclic) bond motifs is 1. The Morgan fingerprint density at radius 3 is 2.70 bits per heavy atom. The lowest BCUT2D eigenvalue weighted by molar-refractivity contribution is 0.415. The van der Waals surface area contributed by atoms with E-state index < -0.39 is 5.95 Å². The first-order valence-corrected chi connectivity index (χ1v) is 6.12. The molecule has 0 amide bonds. The summed E-state index contributed by atoms with van der Waals surface area (Å²) in [7, 11) is 1.54. The highest BCUT2D eigenvalue weighted by Crippen LogP contribution is 2.26. The number of hydrogen-bond acceptors (Lipinski definition) is 3. The molecule has 3 aromatic rings. The van der Waals surface area contributed by atoms with Crippen LogP contribution in [0.25, 0.3) is 16.6 Å². The monoisotopic (exact) mass is 272 g/mol. The smallest absolute Gasteiger partial charge is 0.224 e. The Bertz CT molecular complexity index is 796. The summed E-state index contributed by atoms with van der Waals surface area (Å²) < 4.78 is 20.8. The van der Waals surface area contributed by atoms with Gasteiger partial charge in [0.2, 0.25) is 5.95 Å². The van der Waals surface area contributed by atoms with Crippen molar-refractivity contribution in [1.29, 1.82) is 0 Å². The minimum atomic E-state index is -0.451. The second-order valence-corrected chi connectivity index (χ2v) is 4.56. The Morgan fingerprint density at radius 2 is 2.00 bits per heavy atom. The van der Waals surface area contributed by atoms with Crippen LogP contribution in [0.4, 0.5) is 4.39 Å². The summed E-state index contributed by atoms with van der Waals surface area (Å²) in [5.74, 6) is 0.274. The third kappa shape index (κ3) is 1.87. The fourth-order valence-electron chi connectivity index (χ4n) is 2.20. The van der Waals surface area contributed by atoms with E-state index in [1.807, 2.05) is 0 Å². The summed E-state index contributed by atoms with van der Waals surface area (Å²) in [5, 5.41) is 14.1. The van der Waals surface area contributed by atoms with E-state index in [4.69, 9.17) is 4.74 Å². The van der Waals surface area contributed by atoms with Crippen LogP contribution in [0, 0.1) is 12.9 Å². The number of nitrogens with zero attached hydrogens (tertiary/aromatic N) is 2. The Kier molecular flexibility index (Phi) is 2.82. The van der Waals surface area contributed by atoms with Gasteiger partial charge in [0.25, 0.3) is 0 Å². The summed E-state index contributed by atoms with van der Waals surface area (Å²) in [6.45, 7) is 1.79. The number of ether oxygens (including phenoxy) is 1. The Labute approximate surface area is 115 Å². The first kappa shape index (κ1) is 12.5. The van der Waals surface area contributed by atoms with Crippen LogP contribution >= 0.6 is 0 Å². The van der Waals surface area contributed by atoms with Crippen LogP contribution in [-0.4, -0.2) is 22.0 Å². The number of aromatic hydroxyl groups is 1. The predicted octanol–water partition coefficient (Wildman–Crippen LogP) is 3.19. The molecule has 1 N–H and O–H groups in total. The van der Waals surface area contributed by atoms with Crippen LogP contribution in [-0.2, 0) is 0 Å². The maximum atomic E-state index is 14.5. The maximum Gasteiger partial charge on any atom is 0.224 e. The van der Waals surface area contributed by atoms with Gasteiger partial charge in [-0.15, -0.1) is 0 Å². The molecule has 5 heteroatoms. The van der Waals surface area contributed by atoms with Crippen molar-refractivity contribution < 1.29 is 14.2 Å². The number of halogens is 1. The number of benzene rings is 2. The number of phenols is 1. The van der Waals surface area contributed by atoms with Gasteiger partial charge in [-0.3, -0.25) is 0 Å². The van der Waals surface area contributed by atoms with Gasteiger partial charge in [-0.2, -0.15) is 9.49 Å². The molecular weight excluding hydrogens is 259 g/mol. The van der Waals surface area contributed by atoms with Gasteiger partial charge in [0.15, 0.2) is 0 Å². The summed E-state index contributed by atoms with van der Waals surface area (Å²) in [6, 6.07) is 9.78. The molecule has 4 nitrogen and oxygen atoms in total. The molecule has 2 aromatic carbocycles. The number of aromatic nitrogens is 2. The number of hydrogen-bond donors (Lipinski definition) is 1. The molecule has 0 aliphatic heterocycles. The van der Waals surface area contributed by atoms with Gasteiger partial charge in [-0.1, -0.05) is 0 Å². The zero-order valence-electron chi connectivity index (χ0n) is 11.1. The van der Waals surface area contributed by atoms with Crippen molar-refractivity contribution in [1.82, 2.24) is 9.78 Å². The third-order valence-electron chi connectivity index (χ3n) is 3.23. The Hall–Kier alpha value is -2.56. The molecule has 0 saturated heterocycles. The van der Waals surface area contributed by atoms with E-state index >= 15 is 0 Å². The quantitative estimate of drug-likeness (QED) is 0.779. The van der Waals surface area contributed by atoms with Crippen molar-refractivity contribution in [3.63, 3.8) is 0 Å². The van der Waals surface area contributed by atoms with Crippen LogP contribution in [0.1, 0.15) is 5.56 Å². The van der Waals surface area contributed by atoms with E-state index in [0.29, 0.717) is 22.3 Å². The van der Waals surface area contributed by atoms with Crippen LogP contribution in [0.5, 0.6) is 11.5 Å². The molecule has 0 atom stereocenters. The minimum Gasteiger partial charge on any atom is -0.508 e. The van der Waals surface area contributed by atoms with Crippen LogP contribution in [0.3, 0.4) is 0 Å². The number of methoxy groups -OCH3 is 1. The van der Waals surface area contributed by atoms with Gasteiger partial charge in [-0.05, 0) is 48.9 Å². The molecule has 20 heavy (non-hydrogen) atoms. The lowest BCUT2D eigenvalue weighted by Crippen LogP contribution is -2.01. The second kappa shape index (κ2) is 4.52. The fourth-order valence-corrected chi connectivity index (χ4v) is 2.20. The van der Waals surface area contributed by atoms with Gasteiger partial charge in [-0.25, -0.2) is 4.68 Å². The average molecular weight is 272 g/mol. The van der Waals surface area contributed by atoms with E-state index in [0.717, 1.165) is 5.56 Å². The van der Waals surface area contributed by atoms with Crippen molar-refractivity contribution >= 4 is 10.9 Å². The normalized spacial score (nSPS) is 10.9. The molecule has 0 saturated carbocycles. The first-order chi connectivity index (χ1) is 9.60. The topological polar surface area (TPSA) is 47.3 Å². The van der Waals surface area contributed by atoms with Crippen molar-refractivity contribution in [2.75, 3.05) is 7.11 Å². The highest BCUT2D eigenvalue weighted by molar-refractivity contribution is 5.81. The summed E-state index contributed by atoms with van der Waals surface area (Å²) >= 11 is 0. The van der Waals surface area contributed by atoms with Gasteiger partial charge in [0, 0.05) is 0 Å². The number of phenolic OH excluding ortho intramolecular Hbond substituents is 1. The lowest BCUT2D eigenvalue weighted by atomic mass is 10.2. The van der Waals surface area contributed by atoms with E-state index in [2.05, 4.69) is 5.10 Å². The number of rotatable bonds is 2. The van der Waals surface area contributed by atoms with Gasteiger partial charge < -0.3 is 9.84 Å². The van der Waals surface area contributed by atoms with Crippen LogP contribution < -0.4 is 4.74 Å². The second-order valence-electron chi connectivity index (χ2n) is 4.56. The van der Waals surface area contributed by atoms with Gasteiger partial charge in [0.1, 0.15) is 11.5 Å². The lowest BCUT2D eigenvalue weighted by Gasteiger charge is -2.06. The standard InChI is InChI=1S/C15H13FN2O2/c1-9-7-10(19)3-6-14(9)18-15(16)12-8-11(20-2)4-5-13(12)17-18/h3-8,19H,1-2H3. The largest absolute Gasteiger partial charge is 0.508 e. The van der Waals surface area contributed by atoms with Crippen LogP contribution in [0.15, 0.2) is 36.4 Å². The highest BCUT2D eigenvalue weighted by Gasteiger charge is 2.14. The van der Waals surface area contributed by atoms with E-state index in [-0.39, 0.29) is 5.75 Å². The highest BCUT2D eigenvalue weighted by atomic mass is 19.1. The third-order valence-corrected chi connectivity index (χ3v) is 3.23. The Balaban J connectivity index is 2.24. The fraction of sp³-hybridized carbons (Fsp3) is 0.133. The van der Waals surface area contributed by atoms with E-state index in [9.17, 15) is 9.50 Å². The predicted molar refractivity (Wildman–Crippen MR) is 74.0 cm³/mol. The van der Waals surface area contributed by atoms with Crippen molar-refractivity contribution in [2.24, 2.45) is 0 Å². The van der Waals surface area contributed by atoms with Crippen LogP contribution in [0.2, 0.25) is 0 Å². The molecule has 0 bridgehead atoms. The molecule has 102 valence electrons. The molecule has 0 aliphatic carbocycles. The Morgan fingerprint density at radius 1 is 1.20 bits per heavy atom. The van der Waals surface area contributed by atoms with Gasteiger partial charge >= 0.3 is 0 Å². The number of aryl methyl sites for hydroxylation is 1. The van der Waals surface area contributed by atoms with Crippen molar-refractivity contribution in [2.45, 2.75) is 6.92 Å². The average Bonchev–Trinajstić information content (AvgIpc) is 2.76. The minimum absolute atomic E-state index is 0.144. The van der Waals surface area contributed by atoms with Crippen molar-refractivity contribution in [3.05, 3.63) is 47.9 Å². The zero-order chi connectivity index (χ0) is 14.3. The van der Waals surface area contributed by atoms with Crippen molar-refractivity contribution in [3.8, 4) is 17.2 Å². The van der Waals surface area contributed by atoms with E-state index in [1.165, 1.54) is 17.9 Å². The first-order valence-electron chi connectivity index (χ1n) is 6.12. The molecule has 0 aliphatic rings. The molecule has 0 fully saturated rings. The summed E-state index contributed by atoms with van der Waals surface area (Å²) in [6.07, 6.45) is 0.